The van der Waals surface area contributed by atoms with Gasteiger partial charge in [-0.25, -0.2) is 0 Å². The molecule has 2 nitrogen and oxygen atoms in total. The lowest BCUT2D eigenvalue weighted by Gasteiger charge is -2.28. The monoisotopic (exact) mass is 358 g/mol. The third kappa shape index (κ3) is 4.00. The van der Waals surface area contributed by atoms with Gasteiger partial charge in [-0.1, -0.05) is 75.4 Å². The van der Waals surface area contributed by atoms with E-state index in [-0.39, 0.29) is 17.0 Å². The predicted octanol–water partition coefficient (Wildman–Crippen LogP) is 6.03. The minimum Gasteiger partial charge on any atom is -0.294 e. The number of fused-ring (bicyclic) bond motifs is 1. The molecule has 0 fully saturated rings. The third-order valence-corrected chi connectivity index (χ3v) is 5.00. The lowest BCUT2D eigenvalue weighted by molar-refractivity contribution is -0.114. The Morgan fingerprint density at radius 3 is 2.15 bits per heavy atom. The first-order chi connectivity index (χ1) is 12.8. The van der Waals surface area contributed by atoms with Crippen molar-refractivity contribution in [3.8, 4) is 0 Å². The molecule has 0 bridgehead atoms. The van der Waals surface area contributed by atoms with Crippen LogP contribution in [0.5, 0.6) is 0 Å². The van der Waals surface area contributed by atoms with Crippen molar-refractivity contribution in [1.29, 1.82) is 0 Å². The van der Waals surface area contributed by atoms with Gasteiger partial charge in [0.1, 0.15) is 0 Å². The third-order valence-electron chi connectivity index (χ3n) is 5.00. The summed E-state index contributed by atoms with van der Waals surface area (Å²) < 4.78 is 0. The maximum atomic E-state index is 13.0. The van der Waals surface area contributed by atoms with Gasteiger partial charge in [-0.2, -0.15) is 0 Å². The van der Waals surface area contributed by atoms with Crippen LogP contribution in [0.2, 0.25) is 0 Å². The molecule has 0 spiro atoms. The van der Waals surface area contributed by atoms with E-state index in [2.05, 4.69) is 26.8 Å². The standard InChI is InChI=1S/C25H26O2/c1-17-15-18(11-7-5-6-8-14-23(17)26)21-16-22(25(2,3)4)24(27)20-13-10-9-12-19(20)21/h5-10,12-13,15-16H,11,14H2,1-4H3/b7-5-,8-6-,17-15-,21-18-. The van der Waals surface area contributed by atoms with Gasteiger partial charge in [0.15, 0.2) is 11.6 Å². The Bertz CT molecular complexity index is 941. The summed E-state index contributed by atoms with van der Waals surface area (Å²) in [4.78, 5) is 25.4. The minimum atomic E-state index is -0.250. The van der Waals surface area contributed by atoms with Crippen LogP contribution in [-0.4, -0.2) is 11.6 Å². The highest BCUT2D eigenvalue weighted by Crippen LogP contribution is 2.39. The second-order valence-corrected chi connectivity index (χ2v) is 8.14. The van der Waals surface area contributed by atoms with E-state index in [1.165, 1.54) is 0 Å². The number of Topliss-reactive ketones (excluding diaryl/α,β-unsaturated/α-hetero) is 2. The first kappa shape index (κ1) is 19.0. The van der Waals surface area contributed by atoms with Gasteiger partial charge in [-0.3, -0.25) is 9.59 Å². The van der Waals surface area contributed by atoms with Crippen LogP contribution in [0.3, 0.4) is 0 Å². The summed E-state index contributed by atoms with van der Waals surface area (Å²) >= 11 is 0. The molecule has 0 N–H and O–H groups in total. The lowest BCUT2D eigenvalue weighted by Crippen LogP contribution is -2.22. The number of hydrogen-bond donors (Lipinski definition) is 0. The Balaban J connectivity index is 2.29. The first-order valence-corrected chi connectivity index (χ1v) is 9.41. The van der Waals surface area contributed by atoms with Gasteiger partial charge in [0.05, 0.1) is 0 Å². The molecule has 0 heterocycles. The summed E-state index contributed by atoms with van der Waals surface area (Å²) in [5.41, 5.74) is 5.10. The van der Waals surface area contributed by atoms with Crippen LogP contribution >= 0.6 is 0 Å². The maximum Gasteiger partial charge on any atom is 0.190 e. The SMILES string of the molecule is C/C1=C/C(=C2/C=C(C(C)(C)C)C(=O)c3ccccc32)C/C=C\C=C/CC1=O. The topological polar surface area (TPSA) is 34.1 Å². The molecule has 0 saturated carbocycles. The van der Waals surface area contributed by atoms with E-state index < -0.39 is 0 Å². The van der Waals surface area contributed by atoms with Crippen molar-refractivity contribution >= 4 is 17.1 Å². The highest BCUT2D eigenvalue weighted by atomic mass is 16.1. The van der Waals surface area contributed by atoms with Gasteiger partial charge in [0.25, 0.3) is 0 Å². The van der Waals surface area contributed by atoms with Crippen LogP contribution in [0.25, 0.3) is 5.57 Å². The van der Waals surface area contributed by atoms with Crippen LogP contribution in [0.4, 0.5) is 0 Å². The summed E-state index contributed by atoms with van der Waals surface area (Å²) in [6.07, 6.45) is 13.0. The fourth-order valence-electron chi connectivity index (χ4n) is 3.45. The highest BCUT2D eigenvalue weighted by Gasteiger charge is 2.31. The average Bonchev–Trinajstić information content (AvgIpc) is 2.62. The number of ketones is 2. The molecule has 2 heteroatoms. The smallest absolute Gasteiger partial charge is 0.190 e. The molecule has 0 aliphatic heterocycles. The van der Waals surface area contributed by atoms with Crippen LogP contribution in [-0.2, 0) is 4.79 Å². The number of allylic oxidation sites excluding steroid dienone is 10. The normalized spacial score (nSPS) is 25.2. The highest BCUT2D eigenvalue weighted by molar-refractivity contribution is 6.17. The molecule has 0 saturated heterocycles. The molecule has 138 valence electrons. The maximum absolute atomic E-state index is 13.0. The van der Waals surface area contributed by atoms with E-state index in [0.717, 1.165) is 33.4 Å². The Hall–Kier alpha value is -2.74. The molecule has 2 aliphatic carbocycles. The quantitative estimate of drug-likeness (QED) is 0.567. The predicted molar refractivity (Wildman–Crippen MR) is 112 cm³/mol. The van der Waals surface area contributed by atoms with Gasteiger partial charge in [0.2, 0.25) is 0 Å². The average molecular weight is 358 g/mol. The number of benzene rings is 1. The van der Waals surface area contributed by atoms with Gasteiger partial charge in [-0.15, -0.1) is 0 Å². The molecule has 3 rings (SSSR count). The van der Waals surface area contributed by atoms with Gasteiger partial charge in [-0.05, 0) is 47.1 Å². The second-order valence-electron chi connectivity index (χ2n) is 8.14. The van der Waals surface area contributed by atoms with E-state index in [1.807, 2.05) is 61.6 Å². The van der Waals surface area contributed by atoms with E-state index in [4.69, 9.17) is 0 Å². The van der Waals surface area contributed by atoms with Crippen molar-refractivity contribution in [2.75, 3.05) is 0 Å². The first-order valence-electron chi connectivity index (χ1n) is 9.41. The largest absolute Gasteiger partial charge is 0.294 e. The molecule has 0 unspecified atom stereocenters. The number of hydrogen-bond acceptors (Lipinski definition) is 2. The zero-order chi connectivity index (χ0) is 19.6. The zero-order valence-corrected chi connectivity index (χ0v) is 16.5. The Morgan fingerprint density at radius 1 is 0.852 bits per heavy atom. The fraction of sp³-hybridized carbons (Fsp3) is 0.280. The molecule has 0 atom stereocenters. The summed E-state index contributed by atoms with van der Waals surface area (Å²) in [5, 5.41) is 0. The Kier molecular flexibility index (Phi) is 5.27. The molecule has 0 radical (unpaired) electrons. The van der Waals surface area contributed by atoms with Crippen molar-refractivity contribution in [2.45, 2.75) is 40.5 Å². The van der Waals surface area contributed by atoms with Crippen LogP contribution < -0.4 is 0 Å². The van der Waals surface area contributed by atoms with Gasteiger partial charge in [0, 0.05) is 17.6 Å². The molecular formula is C25H26O2. The molecule has 0 amide bonds. The lowest BCUT2D eigenvalue weighted by atomic mass is 9.74. The second kappa shape index (κ2) is 7.48. The van der Waals surface area contributed by atoms with Gasteiger partial charge >= 0.3 is 0 Å². The molecule has 1 aromatic rings. The molecule has 2 aliphatic rings. The minimum absolute atomic E-state index is 0.0950. The van der Waals surface area contributed by atoms with E-state index >= 15 is 0 Å². The van der Waals surface area contributed by atoms with Gasteiger partial charge < -0.3 is 0 Å². The van der Waals surface area contributed by atoms with E-state index in [9.17, 15) is 9.59 Å². The Labute approximate surface area is 161 Å². The van der Waals surface area contributed by atoms with Crippen molar-refractivity contribution in [3.63, 3.8) is 0 Å². The summed E-state index contributed by atoms with van der Waals surface area (Å²) in [6.45, 7) is 8.07. The van der Waals surface area contributed by atoms with Crippen molar-refractivity contribution in [1.82, 2.24) is 0 Å². The molecule has 0 aromatic heterocycles. The van der Waals surface area contributed by atoms with Crippen molar-refractivity contribution < 1.29 is 9.59 Å². The Morgan fingerprint density at radius 2 is 1.48 bits per heavy atom. The fourth-order valence-corrected chi connectivity index (χ4v) is 3.45. The zero-order valence-electron chi connectivity index (χ0n) is 16.5. The summed E-state index contributed by atoms with van der Waals surface area (Å²) in [6, 6.07) is 7.77. The van der Waals surface area contributed by atoms with E-state index in [0.29, 0.717) is 12.8 Å². The number of rotatable bonds is 0. The van der Waals surface area contributed by atoms with Crippen LogP contribution in [0.15, 0.2) is 77.4 Å². The molecule has 1 aromatic carbocycles. The number of carbonyl (C=O) groups is 2. The number of carbonyl (C=O) groups excluding carboxylic acids is 2. The van der Waals surface area contributed by atoms with Crippen molar-refractivity contribution in [3.05, 3.63) is 88.6 Å². The van der Waals surface area contributed by atoms with E-state index in [1.54, 1.807) is 0 Å². The molecule has 27 heavy (non-hydrogen) atoms. The van der Waals surface area contributed by atoms with Crippen molar-refractivity contribution in [2.24, 2.45) is 5.41 Å². The van der Waals surface area contributed by atoms with Crippen LogP contribution in [0, 0.1) is 5.41 Å². The molecular weight excluding hydrogens is 332 g/mol. The summed E-state index contributed by atoms with van der Waals surface area (Å²) in [7, 11) is 0. The summed E-state index contributed by atoms with van der Waals surface area (Å²) in [5.74, 6) is 0.220. The van der Waals surface area contributed by atoms with Crippen LogP contribution in [0.1, 0.15) is 56.5 Å².